The van der Waals surface area contributed by atoms with Crippen LogP contribution in [-0.2, 0) is 0 Å². The van der Waals surface area contributed by atoms with Gasteiger partial charge in [0.05, 0.1) is 18.1 Å². The van der Waals surface area contributed by atoms with Crippen LogP contribution < -0.4 is 0 Å². The van der Waals surface area contributed by atoms with Gasteiger partial charge in [0.2, 0.25) is 0 Å². The molecule has 16 heavy (non-hydrogen) atoms. The predicted octanol–water partition coefficient (Wildman–Crippen LogP) is 2.94. The number of aliphatic hydroxyl groups is 1. The molecule has 1 aromatic rings. The van der Waals surface area contributed by atoms with Gasteiger partial charge >= 0.3 is 0 Å². The van der Waals surface area contributed by atoms with Crippen molar-refractivity contribution in [1.82, 2.24) is 0 Å². The van der Waals surface area contributed by atoms with Crippen LogP contribution in [0.1, 0.15) is 31.4 Å². The van der Waals surface area contributed by atoms with Gasteiger partial charge in [-0.15, -0.1) is 0 Å². The van der Waals surface area contributed by atoms with E-state index >= 15 is 0 Å². The summed E-state index contributed by atoms with van der Waals surface area (Å²) in [7, 11) is 0. The van der Waals surface area contributed by atoms with Crippen LogP contribution in [0, 0.1) is 28.9 Å². The SMILES string of the molecule is CCCC(C#N)C(O)c1ccc(F)cc1F. The van der Waals surface area contributed by atoms with Crippen LogP contribution in [0.4, 0.5) is 8.78 Å². The molecule has 1 aromatic carbocycles. The van der Waals surface area contributed by atoms with E-state index < -0.39 is 23.7 Å². The molecule has 1 rings (SSSR count). The van der Waals surface area contributed by atoms with E-state index in [0.717, 1.165) is 12.5 Å². The van der Waals surface area contributed by atoms with Crippen molar-refractivity contribution in [2.45, 2.75) is 25.9 Å². The minimum atomic E-state index is -1.20. The summed E-state index contributed by atoms with van der Waals surface area (Å²) in [4.78, 5) is 0. The zero-order valence-corrected chi connectivity index (χ0v) is 8.95. The van der Waals surface area contributed by atoms with Gasteiger partial charge in [-0.3, -0.25) is 0 Å². The normalized spacial score (nSPS) is 14.2. The zero-order valence-electron chi connectivity index (χ0n) is 8.95. The molecule has 0 aliphatic rings. The van der Waals surface area contributed by atoms with Crippen molar-refractivity contribution in [2.24, 2.45) is 5.92 Å². The highest BCUT2D eigenvalue weighted by molar-refractivity contribution is 5.22. The van der Waals surface area contributed by atoms with E-state index in [4.69, 9.17) is 5.26 Å². The second kappa shape index (κ2) is 5.57. The monoisotopic (exact) mass is 225 g/mol. The molecule has 0 amide bonds. The molecule has 0 aromatic heterocycles. The van der Waals surface area contributed by atoms with E-state index in [0.29, 0.717) is 12.5 Å². The summed E-state index contributed by atoms with van der Waals surface area (Å²) in [5.41, 5.74) is -0.0265. The van der Waals surface area contributed by atoms with Gasteiger partial charge in [-0.05, 0) is 12.5 Å². The van der Waals surface area contributed by atoms with Crippen LogP contribution >= 0.6 is 0 Å². The van der Waals surface area contributed by atoms with E-state index in [1.807, 2.05) is 13.0 Å². The number of rotatable bonds is 4. The van der Waals surface area contributed by atoms with E-state index in [-0.39, 0.29) is 5.56 Å². The molecule has 0 aliphatic carbocycles. The van der Waals surface area contributed by atoms with Crippen LogP contribution in [0.5, 0.6) is 0 Å². The minimum absolute atomic E-state index is 0.0265. The fourth-order valence-electron chi connectivity index (χ4n) is 1.56. The number of hydrogen-bond acceptors (Lipinski definition) is 2. The fourth-order valence-corrected chi connectivity index (χ4v) is 1.56. The molecule has 0 spiro atoms. The number of halogens is 2. The van der Waals surface area contributed by atoms with Gasteiger partial charge < -0.3 is 5.11 Å². The Hall–Kier alpha value is -1.47. The van der Waals surface area contributed by atoms with Crippen molar-refractivity contribution >= 4 is 0 Å². The average molecular weight is 225 g/mol. The Balaban J connectivity index is 2.95. The predicted molar refractivity (Wildman–Crippen MR) is 55.3 cm³/mol. The second-order valence-corrected chi connectivity index (χ2v) is 3.63. The number of aliphatic hydroxyl groups excluding tert-OH is 1. The van der Waals surface area contributed by atoms with Crippen LogP contribution in [0.15, 0.2) is 18.2 Å². The lowest BCUT2D eigenvalue weighted by Crippen LogP contribution is -2.12. The highest BCUT2D eigenvalue weighted by Gasteiger charge is 2.22. The van der Waals surface area contributed by atoms with Gasteiger partial charge in [0.15, 0.2) is 0 Å². The van der Waals surface area contributed by atoms with Gasteiger partial charge in [0.1, 0.15) is 11.6 Å². The molecule has 0 saturated heterocycles. The summed E-state index contributed by atoms with van der Waals surface area (Å²) < 4.78 is 26.0. The molecule has 1 N–H and O–H groups in total. The van der Waals surface area contributed by atoms with Gasteiger partial charge in [-0.1, -0.05) is 19.4 Å². The summed E-state index contributed by atoms with van der Waals surface area (Å²) >= 11 is 0. The van der Waals surface area contributed by atoms with Crippen LogP contribution in [0.3, 0.4) is 0 Å². The Morgan fingerprint density at radius 1 is 1.44 bits per heavy atom. The van der Waals surface area contributed by atoms with E-state index in [9.17, 15) is 13.9 Å². The molecule has 0 radical (unpaired) electrons. The maximum absolute atomic E-state index is 13.3. The molecule has 2 atom stereocenters. The molecule has 86 valence electrons. The first-order chi connectivity index (χ1) is 7.60. The highest BCUT2D eigenvalue weighted by atomic mass is 19.1. The summed E-state index contributed by atoms with van der Waals surface area (Å²) in [5, 5.41) is 18.6. The molecule has 2 nitrogen and oxygen atoms in total. The molecule has 0 fully saturated rings. The van der Waals surface area contributed by atoms with Crippen molar-refractivity contribution in [3.63, 3.8) is 0 Å². The Bertz CT molecular complexity index is 400. The lowest BCUT2D eigenvalue weighted by Gasteiger charge is -2.16. The van der Waals surface area contributed by atoms with Crippen molar-refractivity contribution in [3.8, 4) is 6.07 Å². The molecule has 4 heteroatoms. The standard InChI is InChI=1S/C12H13F2NO/c1-2-3-8(7-15)12(16)10-5-4-9(13)6-11(10)14/h4-6,8,12,16H,2-3H2,1H3. The molecule has 0 bridgehead atoms. The van der Waals surface area contributed by atoms with Gasteiger partial charge in [0.25, 0.3) is 0 Å². The Morgan fingerprint density at radius 2 is 2.12 bits per heavy atom. The molecule has 0 heterocycles. The fraction of sp³-hybridized carbons (Fsp3) is 0.417. The smallest absolute Gasteiger partial charge is 0.131 e. The summed E-state index contributed by atoms with van der Waals surface area (Å²) in [6.45, 7) is 1.87. The first-order valence-electron chi connectivity index (χ1n) is 5.12. The maximum atomic E-state index is 13.3. The zero-order chi connectivity index (χ0) is 12.1. The van der Waals surface area contributed by atoms with Crippen molar-refractivity contribution in [1.29, 1.82) is 5.26 Å². The lowest BCUT2D eigenvalue weighted by molar-refractivity contribution is 0.125. The van der Waals surface area contributed by atoms with Crippen LogP contribution in [0.25, 0.3) is 0 Å². The number of hydrogen-bond donors (Lipinski definition) is 1. The number of benzene rings is 1. The first-order valence-corrected chi connectivity index (χ1v) is 5.12. The quantitative estimate of drug-likeness (QED) is 0.856. The molecule has 0 saturated carbocycles. The van der Waals surface area contributed by atoms with Gasteiger partial charge in [-0.25, -0.2) is 8.78 Å². The Labute approximate surface area is 93.1 Å². The maximum Gasteiger partial charge on any atom is 0.131 e. The molecule has 2 unspecified atom stereocenters. The number of nitrogens with zero attached hydrogens (tertiary/aromatic N) is 1. The first kappa shape index (κ1) is 12.6. The van der Waals surface area contributed by atoms with Crippen molar-refractivity contribution in [2.75, 3.05) is 0 Å². The van der Waals surface area contributed by atoms with Gasteiger partial charge in [-0.2, -0.15) is 5.26 Å². The summed E-state index contributed by atoms with van der Waals surface area (Å²) in [6, 6.07) is 4.89. The third kappa shape index (κ3) is 2.77. The average Bonchev–Trinajstić information content (AvgIpc) is 2.25. The number of nitriles is 1. The topological polar surface area (TPSA) is 44.0 Å². The lowest BCUT2D eigenvalue weighted by atomic mass is 9.93. The highest BCUT2D eigenvalue weighted by Crippen LogP contribution is 2.27. The van der Waals surface area contributed by atoms with E-state index in [1.165, 1.54) is 6.07 Å². The van der Waals surface area contributed by atoms with Crippen molar-refractivity contribution in [3.05, 3.63) is 35.4 Å². The molecular weight excluding hydrogens is 212 g/mol. The summed E-state index contributed by atoms with van der Waals surface area (Å²) in [5.74, 6) is -2.17. The second-order valence-electron chi connectivity index (χ2n) is 3.63. The third-order valence-corrected chi connectivity index (χ3v) is 2.43. The van der Waals surface area contributed by atoms with Crippen LogP contribution in [-0.4, -0.2) is 5.11 Å². The molecule has 0 aliphatic heterocycles. The third-order valence-electron chi connectivity index (χ3n) is 2.43. The largest absolute Gasteiger partial charge is 0.387 e. The summed E-state index contributed by atoms with van der Waals surface area (Å²) in [6.07, 6.45) is -0.00222. The van der Waals surface area contributed by atoms with E-state index in [1.54, 1.807) is 0 Å². The Kier molecular flexibility index (Phi) is 4.39. The van der Waals surface area contributed by atoms with E-state index in [2.05, 4.69) is 0 Å². The van der Waals surface area contributed by atoms with Crippen molar-refractivity contribution < 1.29 is 13.9 Å². The molecular formula is C12H13F2NO. The Morgan fingerprint density at radius 3 is 2.62 bits per heavy atom. The van der Waals surface area contributed by atoms with Crippen LogP contribution in [0.2, 0.25) is 0 Å². The minimum Gasteiger partial charge on any atom is -0.387 e. The van der Waals surface area contributed by atoms with Gasteiger partial charge in [0, 0.05) is 11.6 Å².